The lowest BCUT2D eigenvalue weighted by atomic mass is 10.1. The zero-order chi connectivity index (χ0) is 25.1. The smallest absolute Gasteiger partial charge is 0.410 e. The van der Waals surface area contributed by atoms with Crippen LogP contribution < -0.4 is 10.6 Å². The second-order valence-electron chi connectivity index (χ2n) is 9.51. The van der Waals surface area contributed by atoms with Gasteiger partial charge in [0.1, 0.15) is 10.6 Å². The van der Waals surface area contributed by atoms with Gasteiger partial charge in [0.25, 0.3) is 0 Å². The van der Waals surface area contributed by atoms with E-state index in [0.29, 0.717) is 24.7 Å². The Hall–Kier alpha value is -2.59. The van der Waals surface area contributed by atoms with Crippen molar-refractivity contribution in [3.05, 3.63) is 35.5 Å². The Morgan fingerprint density at radius 3 is 2.65 bits per heavy atom. The Morgan fingerprint density at radius 1 is 1.26 bits per heavy atom. The quantitative estimate of drug-likeness (QED) is 0.567. The first-order chi connectivity index (χ1) is 15.9. The van der Waals surface area contributed by atoms with Crippen molar-refractivity contribution in [2.24, 2.45) is 0 Å². The zero-order valence-corrected chi connectivity index (χ0v) is 21.7. The number of para-hydroxylation sites is 1. The summed E-state index contributed by atoms with van der Waals surface area (Å²) in [5.74, 6) is 0.609. The van der Waals surface area contributed by atoms with Gasteiger partial charge in [-0.25, -0.2) is 18.2 Å². The average molecular weight is 510 g/mol. The summed E-state index contributed by atoms with van der Waals surface area (Å²) in [4.78, 5) is 23.0. The number of aromatic nitrogens is 2. The summed E-state index contributed by atoms with van der Waals surface area (Å²) in [6.07, 6.45) is 2.76. The number of ether oxygens (including phenoxy) is 1. The van der Waals surface area contributed by atoms with Crippen molar-refractivity contribution in [2.75, 3.05) is 23.7 Å². The van der Waals surface area contributed by atoms with Gasteiger partial charge in [0.15, 0.2) is 15.7 Å². The molecular weight excluding hydrogens is 478 g/mol. The number of benzene rings is 1. The predicted molar refractivity (Wildman–Crippen MR) is 134 cm³/mol. The number of nitrogens with zero attached hydrogens (tertiary/aromatic N) is 3. The molecule has 1 aromatic carbocycles. The third-order valence-corrected chi connectivity index (χ3v) is 7.70. The van der Waals surface area contributed by atoms with Crippen molar-refractivity contribution in [2.45, 2.75) is 69.2 Å². The lowest BCUT2D eigenvalue weighted by molar-refractivity contribution is 0.0206. The molecule has 1 saturated heterocycles. The van der Waals surface area contributed by atoms with E-state index in [2.05, 4.69) is 20.6 Å². The van der Waals surface area contributed by atoms with Crippen LogP contribution in [0.15, 0.2) is 35.4 Å². The van der Waals surface area contributed by atoms with Crippen LogP contribution in [-0.2, 0) is 14.6 Å². The standard InChI is InChI=1S/C23H32ClN5O4S/c1-15(2)34(31,32)19-11-7-6-10-18(19)27-20-17(24)13-25-21(28-20)26-16-9-8-12-29(14-16)22(30)33-23(3,4)5/h6-7,10-11,13,15-16H,8-9,12,14H2,1-5H3,(H2,25,26,27,28). The molecule has 9 nitrogen and oxygen atoms in total. The lowest BCUT2D eigenvalue weighted by Crippen LogP contribution is -2.47. The van der Waals surface area contributed by atoms with Crippen LogP contribution >= 0.6 is 11.6 Å². The van der Waals surface area contributed by atoms with Crippen LogP contribution in [0.4, 0.5) is 22.2 Å². The molecule has 1 unspecified atom stereocenters. The van der Waals surface area contributed by atoms with E-state index in [0.717, 1.165) is 12.8 Å². The topological polar surface area (TPSA) is 114 Å². The molecule has 2 aromatic rings. The van der Waals surface area contributed by atoms with E-state index in [1.165, 1.54) is 6.20 Å². The molecule has 0 aliphatic carbocycles. The summed E-state index contributed by atoms with van der Waals surface area (Å²) < 4.78 is 31.0. The monoisotopic (exact) mass is 509 g/mol. The van der Waals surface area contributed by atoms with Crippen LogP contribution in [0.25, 0.3) is 0 Å². The highest BCUT2D eigenvalue weighted by atomic mass is 35.5. The van der Waals surface area contributed by atoms with Crippen LogP contribution in [-0.4, -0.2) is 59.4 Å². The van der Waals surface area contributed by atoms with Crippen molar-refractivity contribution in [3.63, 3.8) is 0 Å². The van der Waals surface area contributed by atoms with Gasteiger partial charge in [-0.05, 0) is 59.6 Å². The Kier molecular flexibility index (Phi) is 7.92. The number of sulfone groups is 1. The second-order valence-corrected chi connectivity index (χ2v) is 12.4. The molecule has 0 saturated carbocycles. The normalized spacial score (nSPS) is 16.9. The summed E-state index contributed by atoms with van der Waals surface area (Å²) in [6.45, 7) is 9.87. The predicted octanol–water partition coefficient (Wildman–Crippen LogP) is 4.87. The summed E-state index contributed by atoms with van der Waals surface area (Å²) >= 11 is 6.31. The summed E-state index contributed by atoms with van der Waals surface area (Å²) in [7, 11) is -3.51. The van der Waals surface area contributed by atoms with E-state index in [1.54, 1.807) is 43.0 Å². The number of hydrogen-bond donors (Lipinski definition) is 2. The number of likely N-dealkylation sites (tertiary alicyclic amines) is 1. The minimum Gasteiger partial charge on any atom is -0.444 e. The first-order valence-corrected chi connectivity index (χ1v) is 13.2. The van der Waals surface area contributed by atoms with E-state index < -0.39 is 20.7 Å². The van der Waals surface area contributed by atoms with E-state index in [-0.39, 0.29) is 27.9 Å². The Morgan fingerprint density at radius 2 is 1.97 bits per heavy atom. The van der Waals surface area contributed by atoms with Crippen LogP contribution in [0.2, 0.25) is 5.02 Å². The third kappa shape index (κ3) is 6.50. The number of nitrogens with one attached hydrogen (secondary N) is 2. The van der Waals surface area contributed by atoms with Gasteiger partial charge in [-0.2, -0.15) is 4.98 Å². The molecule has 186 valence electrons. The molecule has 1 fully saturated rings. The van der Waals surface area contributed by atoms with Crippen LogP contribution in [0, 0.1) is 0 Å². The molecular formula is C23H32ClN5O4S. The maximum absolute atomic E-state index is 12.8. The Bertz CT molecular complexity index is 1130. The maximum atomic E-state index is 12.8. The second kappa shape index (κ2) is 10.4. The van der Waals surface area contributed by atoms with Crippen LogP contribution in [0.5, 0.6) is 0 Å². The number of carbonyl (C=O) groups is 1. The molecule has 0 radical (unpaired) electrons. The average Bonchev–Trinajstić information content (AvgIpc) is 2.75. The van der Waals surface area contributed by atoms with E-state index in [1.807, 2.05) is 20.8 Å². The molecule has 1 aliphatic heterocycles. The number of anilines is 3. The fourth-order valence-electron chi connectivity index (χ4n) is 3.49. The van der Waals surface area contributed by atoms with Crippen LogP contribution in [0.3, 0.4) is 0 Å². The molecule has 2 N–H and O–H groups in total. The highest BCUT2D eigenvalue weighted by molar-refractivity contribution is 7.92. The SMILES string of the molecule is CC(C)S(=O)(=O)c1ccccc1Nc1nc(NC2CCCN(C(=O)OC(C)(C)C)C2)ncc1Cl. The number of amides is 1. The minimum atomic E-state index is -3.51. The third-order valence-electron chi connectivity index (χ3n) is 5.22. The highest BCUT2D eigenvalue weighted by Crippen LogP contribution is 2.30. The molecule has 11 heteroatoms. The van der Waals surface area contributed by atoms with Crippen molar-refractivity contribution >= 4 is 45.0 Å². The molecule has 3 rings (SSSR count). The van der Waals surface area contributed by atoms with Gasteiger partial charge >= 0.3 is 6.09 Å². The van der Waals surface area contributed by atoms with Gasteiger partial charge in [0.2, 0.25) is 5.95 Å². The molecule has 0 bridgehead atoms. The number of piperidine rings is 1. The fourth-order valence-corrected chi connectivity index (χ4v) is 4.83. The molecule has 1 aliphatic rings. The molecule has 2 heterocycles. The van der Waals surface area contributed by atoms with Crippen molar-refractivity contribution in [1.29, 1.82) is 0 Å². The van der Waals surface area contributed by atoms with Crippen molar-refractivity contribution < 1.29 is 17.9 Å². The Labute approximate surface area is 206 Å². The zero-order valence-electron chi connectivity index (χ0n) is 20.1. The molecule has 1 atom stereocenters. The number of halogens is 1. The first kappa shape index (κ1) is 26.0. The first-order valence-electron chi connectivity index (χ1n) is 11.2. The highest BCUT2D eigenvalue weighted by Gasteiger charge is 2.28. The van der Waals surface area contributed by atoms with E-state index in [4.69, 9.17) is 16.3 Å². The van der Waals surface area contributed by atoms with Gasteiger partial charge in [-0.1, -0.05) is 23.7 Å². The maximum Gasteiger partial charge on any atom is 0.410 e. The summed E-state index contributed by atoms with van der Waals surface area (Å²) in [6, 6.07) is 6.57. The van der Waals surface area contributed by atoms with Gasteiger partial charge in [0, 0.05) is 19.1 Å². The fraction of sp³-hybridized carbons (Fsp3) is 0.522. The number of carbonyl (C=O) groups excluding carboxylic acids is 1. The molecule has 0 spiro atoms. The minimum absolute atomic E-state index is 0.0658. The van der Waals surface area contributed by atoms with E-state index in [9.17, 15) is 13.2 Å². The van der Waals surface area contributed by atoms with Gasteiger partial charge in [-0.15, -0.1) is 0 Å². The van der Waals surface area contributed by atoms with Crippen LogP contribution in [0.1, 0.15) is 47.5 Å². The van der Waals surface area contributed by atoms with Gasteiger partial charge in [0.05, 0.1) is 22.0 Å². The summed E-state index contributed by atoms with van der Waals surface area (Å²) in [5, 5.41) is 5.98. The number of rotatable bonds is 6. The van der Waals surface area contributed by atoms with Crippen molar-refractivity contribution in [3.8, 4) is 0 Å². The lowest BCUT2D eigenvalue weighted by Gasteiger charge is -2.34. The summed E-state index contributed by atoms with van der Waals surface area (Å²) in [5.41, 5.74) is -0.173. The molecule has 34 heavy (non-hydrogen) atoms. The van der Waals surface area contributed by atoms with Gasteiger partial charge < -0.3 is 20.3 Å². The molecule has 1 aromatic heterocycles. The van der Waals surface area contributed by atoms with Crippen molar-refractivity contribution in [1.82, 2.24) is 14.9 Å². The Balaban J connectivity index is 1.76. The number of hydrogen-bond acceptors (Lipinski definition) is 8. The largest absolute Gasteiger partial charge is 0.444 e. The molecule has 1 amide bonds. The van der Waals surface area contributed by atoms with E-state index >= 15 is 0 Å². The van der Waals surface area contributed by atoms with Gasteiger partial charge in [-0.3, -0.25) is 0 Å².